The highest BCUT2D eigenvalue weighted by atomic mass is 79.9. The highest BCUT2D eigenvalue weighted by molar-refractivity contribution is 9.10. The van der Waals surface area contributed by atoms with E-state index in [9.17, 15) is 4.79 Å². The zero-order valence-electron chi connectivity index (χ0n) is 9.92. The second-order valence-electron chi connectivity index (χ2n) is 4.56. The fraction of sp³-hybridized carbons (Fsp3) is 0.333. The summed E-state index contributed by atoms with van der Waals surface area (Å²) in [6.07, 6.45) is 3.72. The van der Waals surface area contributed by atoms with Gasteiger partial charge in [-0.3, -0.25) is 9.48 Å². The molecule has 3 heterocycles. The number of thiophene rings is 1. The van der Waals surface area contributed by atoms with Crippen LogP contribution >= 0.6 is 38.9 Å². The number of aromatic nitrogens is 2. The molecule has 0 aromatic carbocycles. The van der Waals surface area contributed by atoms with Gasteiger partial charge in [0.25, 0.3) is 5.91 Å². The zero-order valence-corrected chi connectivity index (χ0v) is 13.1. The molecule has 0 atom stereocenters. The van der Waals surface area contributed by atoms with Crippen molar-refractivity contribution in [2.75, 3.05) is 13.1 Å². The SMILES string of the molecule is O=C(c1ccc(Cl)s1)N1CC(Cn2cc(Br)cn2)C1. The van der Waals surface area contributed by atoms with Gasteiger partial charge in [0.2, 0.25) is 0 Å². The second-order valence-corrected chi connectivity index (χ2v) is 7.19. The van der Waals surface area contributed by atoms with Crippen LogP contribution < -0.4 is 0 Å². The van der Waals surface area contributed by atoms with E-state index >= 15 is 0 Å². The van der Waals surface area contributed by atoms with Gasteiger partial charge in [0.05, 0.1) is 19.9 Å². The van der Waals surface area contributed by atoms with Crippen molar-refractivity contribution in [3.05, 3.63) is 38.2 Å². The van der Waals surface area contributed by atoms with Crippen LogP contribution in [0.2, 0.25) is 4.34 Å². The zero-order chi connectivity index (χ0) is 13.4. The Morgan fingerprint density at radius 2 is 2.32 bits per heavy atom. The van der Waals surface area contributed by atoms with Gasteiger partial charge in [-0.2, -0.15) is 5.10 Å². The summed E-state index contributed by atoms with van der Waals surface area (Å²) < 4.78 is 3.54. The van der Waals surface area contributed by atoms with E-state index in [-0.39, 0.29) is 5.91 Å². The normalized spacial score (nSPS) is 15.6. The van der Waals surface area contributed by atoms with Crippen molar-refractivity contribution in [2.45, 2.75) is 6.54 Å². The molecule has 3 rings (SSSR count). The molecule has 0 bridgehead atoms. The summed E-state index contributed by atoms with van der Waals surface area (Å²) >= 11 is 10.5. The van der Waals surface area contributed by atoms with Crippen molar-refractivity contribution in [3.8, 4) is 0 Å². The van der Waals surface area contributed by atoms with Gasteiger partial charge in [-0.05, 0) is 28.1 Å². The second kappa shape index (κ2) is 5.26. The highest BCUT2D eigenvalue weighted by Gasteiger charge is 2.32. The molecule has 19 heavy (non-hydrogen) atoms. The van der Waals surface area contributed by atoms with Crippen molar-refractivity contribution in [1.82, 2.24) is 14.7 Å². The summed E-state index contributed by atoms with van der Waals surface area (Å²) in [5, 5.41) is 4.22. The van der Waals surface area contributed by atoms with Gasteiger partial charge in [0.1, 0.15) is 0 Å². The summed E-state index contributed by atoms with van der Waals surface area (Å²) in [7, 11) is 0. The topological polar surface area (TPSA) is 38.1 Å². The van der Waals surface area contributed by atoms with E-state index in [1.165, 1.54) is 11.3 Å². The largest absolute Gasteiger partial charge is 0.337 e. The van der Waals surface area contributed by atoms with Crippen molar-refractivity contribution < 1.29 is 4.79 Å². The Bertz CT molecular complexity index is 606. The molecule has 0 N–H and O–H groups in total. The van der Waals surface area contributed by atoms with Crippen LogP contribution in [-0.2, 0) is 6.54 Å². The number of halogens is 2. The molecule has 2 aromatic rings. The monoisotopic (exact) mass is 359 g/mol. The fourth-order valence-corrected chi connectivity index (χ4v) is 3.48. The van der Waals surface area contributed by atoms with Gasteiger partial charge >= 0.3 is 0 Å². The quantitative estimate of drug-likeness (QED) is 0.843. The average molecular weight is 361 g/mol. The predicted octanol–water partition coefficient (Wildman–Crippen LogP) is 3.13. The molecular weight excluding hydrogens is 350 g/mol. The van der Waals surface area contributed by atoms with Gasteiger partial charge in [-0.1, -0.05) is 11.6 Å². The predicted molar refractivity (Wildman–Crippen MR) is 78.6 cm³/mol. The highest BCUT2D eigenvalue weighted by Crippen LogP contribution is 2.26. The Kier molecular flexibility index (Phi) is 3.64. The molecule has 1 saturated heterocycles. The van der Waals surface area contributed by atoms with Crippen LogP contribution in [0.25, 0.3) is 0 Å². The van der Waals surface area contributed by atoms with Crippen LogP contribution in [0.4, 0.5) is 0 Å². The maximum atomic E-state index is 12.1. The first-order valence-corrected chi connectivity index (χ1v) is 7.83. The van der Waals surface area contributed by atoms with E-state index < -0.39 is 0 Å². The van der Waals surface area contributed by atoms with Gasteiger partial charge in [0.15, 0.2) is 0 Å². The van der Waals surface area contributed by atoms with E-state index in [1.54, 1.807) is 18.3 Å². The van der Waals surface area contributed by atoms with Crippen molar-refractivity contribution in [2.24, 2.45) is 5.92 Å². The molecule has 0 aliphatic carbocycles. The van der Waals surface area contributed by atoms with E-state index in [4.69, 9.17) is 11.6 Å². The first-order valence-electron chi connectivity index (χ1n) is 5.84. The molecular formula is C12H11BrClN3OS. The Balaban J connectivity index is 1.54. The van der Waals surface area contributed by atoms with Crippen LogP contribution in [0.15, 0.2) is 29.0 Å². The molecule has 0 spiro atoms. The fourth-order valence-electron chi connectivity index (χ4n) is 2.14. The molecule has 100 valence electrons. The average Bonchev–Trinajstić information content (AvgIpc) is 2.91. The van der Waals surface area contributed by atoms with Crippen molar-refractivity contribution in [1.29, 1.82) is 0 Å². The van der Waals surface area contributed by atoms with Crippen LogP contribution in [-0.4, -0.2) is 33.7 Å². The van der Waals surface area contributed by atoms with Gasteiger partial charge in [-0.25, -0.2) is 0 Å². The van der Waals surface area contributed by atoms with Crippen LogP contribution in [0.1, 0.15) is 9.67 Å². The summed E-state index contributed by atoms with van der Waals surface area (Å²) in [5.74, 6) is 0.556. The molecule has 7 heteroatoms. The Hall–Kier alpha value is -0.850. The molecule has 4 nitrogen and oxygen atoms in total. The Morgan fingerprint density at radius 1 is 1.53 bits per heavy atom. The Labute approximate surface area is 128 Å². The van der Waals surface area contributed by atoms with Crippen molar-refractivity contribution >= 4 is 44.8 Å². The van der Waals surface area contributed by atoms with E-state index in [0.29, 0.717) is 15.1 Å². The molecule has 0 saturated carbocycles. The third-order valence-electron chi connectivity index (χ3n) is 3.08. The lowest BCUT2D eigenvalue weighted by Crippen LogP contribution is -2.51. The molecule has 1 amide bonds. The van der Waals surface area contributed by atoms with E-state index in [2.05, 4.69) is 21.0 Å². The smallest absolute Gasteiger partial charge is 0.263 e. The molecule has 1 fully saturated rings. The lowest BCUT2D eigenvalue weighted by atomic mass is 10.00. The molecule has 0 unspecified atom stereocenters. The van der Waals surface area contributed by atoms with Gasteiger partial charge < -0.3 is 4.90 Å². The van der Waals surface area contributed by atoms with E-state index in [1.807, 2.05) is 15.8 Å². The summed E-state index contributed by atoms with van der Waals surface area (Å²) in [6, 6.07) is 3.55. The molecule has 0 radical (unpaired) electrons. The van der Waals surface area contributed by atoms with Gasteiger partial charge in [-0.15, -0.1) is 11.3 Å². The number of hydrogen-bond donors (Lipinski definition) is 0. The summed E-state index contributed by atoms with van der Waals surface area (Å²) in [4.78, 5) is 14.7. The number of amides is 1. The minimum absolute atomic E-state index is 0.0785. The third-order valence-corrected chi connectivity index (χ3v) is 4.70. The minimum atomic E-state index is 0.0785. The van der Waals surface area contributed by atoms with Crippen LogP contribution in [0, 0.1) is 5.92 Å². The number of carbonyl (C=O) groups is 1. The first kappa shape index (κ1) is 13.1. The number of hydrogen-bond acceptors (Lipinski definition) is 3. The first-order chi connectivity index (χ1) is 9.11. The van der Waals surface area contributed by atoms with Crippen LogP contribution in [0.3, 0.4) is 0 Å². The molecule has 1 aliphatic rings. The summed E-state index contributed by atoms with van der Waals surface area (Å²) in [5.41, 5.74) is 0. The molecule has 1 aliphatic heterocycles. The summed E-state index contributed by atoms with van der Waals surface area (Å²) in [6.45, 7) is 2.41. The number of nitrogens with zero attached hydrogens (tertiary/aromatic N) is 3. The maximum absolute atomic E-state index is 12.1. The number of rotatable bonds is 3. The lowest BCUT2D eigenvalue weighted by Gasteiger charge is -2.38. The maximum Gasteiger partial charge on any atom is 0.263 e. The van der Waals surface area contributed by atoms with E-state index in [0.717, 1.165) is 24.1 Å². The van der Waals surface area contributed by atoms with Crippen LogP contribution in [0.5, 0.6) is 0 Å². The molecule has 2 aromatic heterocycles. The van der Waals surface area contributed by atoms with Gasteiger partial charge in [0, 0.05) is 31.7 Å². The number of carbonyl (C=O) groups excluding carboxylic acids is 1. The third kappa shape index (κ3) is 2.85. The standard InChI is InChI=1S/C12H11BrClN3OS/c13-9-3-15-17(7-9)6-8-4-16(5-8)12(18)10-1-2-11(14)19-10/h1-3,7-8H,4-6H2. The number of likely N-dealkylation sites (tertiary alicyclic amines) is 1. The Morgan fingerprint density at radius 3 is 2.89 bits per heavy atom. The lowest BCUT2D eigenvalue weighted by molar-refractivity contribution is 0.0466. The minimum Gasteiger partial charge on any atom is -0.337 e. The van der Waals surface area contributed by atoms with Crippen molar-refractivity contribution in [3.63, 3.8) is 0 Å².